The summed E-state index contributed by atoms with van der Waals surface area (Å²) in [5.74, 6) is 1.88. The lowest BCUT2D eigenvalue weighted by Crippen LogP contribution is -2.01. The van der Waals surface area contributed by atoms with E-state index in [2.05, 4.69) is 156 Å². The molecule has 4 aromatic heterocycles. The Morgan fingerprint density at radius 3 is 1.91 bits per heavy atom. The second kappa shape index (κ2) is 12.6. The van der Waals surface area contributed by atoms with Crippen molar-refractivity contribution in [2.24, 2.45) is 0 Å². The lowest BCUT2D eigenvalue weighted by molar-refractivity contribution is 0.669. The number of furan rings is 1. The van der Waals surface area contributed by atoms with E-state index in [0.29, 0.717) is 17.5 Å². The maximum Gasteiger partial charge on any atom is 0.164 e. The molecule has 0 spiro atoms. The number of para-hydroxylation sites is 3. The molecule has 0 aliphatic carbocycles. The molecule has 0 aliphatic rings. The molecule has 12 aromatic rings. The molecule has 0 saturated carbocycles. The van der Waals surface area contributed by atoms with E-state index in [-0.39, 0.29) is 0 Å². The minimum absolute atomic E-state index is 0.621. The topological polar surface area (TPSA) is 56.7 Å². The molecule has 0 aliphatic heterocycles. The summed E-state index contributed by atoms with van der Waals surface area (Å²) < 4.78 is 11.0. The Morgan fingerprint density at radius 2 is 1.05 bits per heavy atom. The smallest absolute Gasteiger partial charge is 0.164 e. The van der Waals surface area contributed by atoms with Gasteiger partial charge in [-0.1, -0.05) is 121 Å². The fourth-order valence-electron chi connectivity index (χ4n) is 8.47. The third kappa shape index (κ3) is 5.04. The molecule has 0 atom stereocenters. The maximum atomic E-state index is 6.24. The average Bonchev–Trinajstić information content (AvgIpc) is 3.96. The lowest BCUT2D eigenvalue weighted by atomic mass is 9.97. The monoisotopic (exact) mass is 746 g/mol. The molecule has 266 valence electrons. The van der Waals surface area contributed by atoms with Crippen LogP contribution in [0.5, 0.6) is 0 Å². The normalized spacial score (nSPS) is 11.9. The summed E-state index contributed by atoms with van der Waals surface area (Å²) in [6.07, 6.45) is 0. The zero-order chi connectivity index (χ0) is 37.5. The number of benzene rings is 8. The third-order valence-electron chi connectivity index (χ3n) is 11.0. The number of aromatic nitrogens is 4. The SMILES string of the molecule is c1ccc(-c2nc(-c3cc(-c4ccc5oc6ccccc6c5c4)c4sc5ccccc5c4c3)nc(-c3cccc4c3c3ccccc3n4-c3ccccc3)n2)cc1. The van der Waals surface area contributed by atoms with Crippen LogP contribution in [-0.2, 0) is 0 Å². The first-order chi connectivity index (χ1) is 28.2. The molecule has 0 N–H and O–H groups in total. The van der Waals surface area contributed by atoms with Crippen molar-refractivity contribution in [1.82, 2.24) is 19.5 Å². The van der Waals surface area contributed by atoms with Crippen LogP contribution in [0.3, 0.4) is 0 Å². The van der Waals surface area contributed by atoms with Gasteiger partial charge in [-0.25, -0.2) is 15.0 Å². The van der Waals surface area contributed by atoms with E-state index in [1.165, 1.54) is 20.2 Å². The highest BCUT2D eigenvalue weighted by molar-refractivity contribution is 7.26. The van der Waals surface area contributed by atoms with Gasteiger partial charge < -0.3 is 8.98 Å². The van der Waals surface area contributed by atoms with Crippen molar-refractivity contribution in [2.45, 2.75) is 0 Å². The number of hydrogen-bond acceptors (Lipinski definition) is 5. The van der Waals surface area contributed by atoms with Crippen molar-refractivity contribution in [1.29, 1.82) is 0 Å². The Hall–Kier alpha value is -7.41. The quantitative estimate of drug-likeness (QED) is 0.176. The van der Waals surface area contributed by atoms with Crippen molar-refractivity contribution in [2.75, 3.05) is 0 Å². The highest BCUT2D eigenvalue weighted by Gasteiger charge is 2.21. The van der Waals surface area contributed by atoms with Gasteiger partial charge in [0.25, 0.3) is 0 Å². The first-order valence-corrected chi connectivity index (χ1v) is 19.8. The van der Waals surface area contributed by atoms with Crippen LogP contribution < -0.4 is 0 Å². The molecule has 0 amide bonds. The number of thiophene rings is 1. The summed E-state index contributed by atoms with van der Waals surface area (Å²) in [4.78, 5) is 15.9. The summed E-state index contributed by atoms with van der Waals surface area (Å²) in [6, 6.07) is 63.7. The van der Waals surface area contributed by atoms with Crippen LogP contribution in [0.1, 0.15) is 0 Å². The zero-order valence-electron chi connectivity index (χ0n) is 30.4. The fraction of sp³-hybridized carbons (Fsp3) is 0. The van der Waals surface area contributed by atoms with Gasteiger partial charge in [-0.3, -0.25) is 0 Å². The van der Waals surface area contributed by atoms with Crippen LogP contribution in [0.25, 0.3) is 115 Å². The van der Waals surface area contributed by atoms with Crippen molar-refractivity contribution < 1.29 is 4.42 Å². The highest BCUT2D eigenvalue weighted by Crippen LogP contribution is 2.44. The zero-order valence-corrected chi connectivity index (χ0v) is 31.2. The van der Waals surface area contributed by atoms with Crippen molar-refractivity contribution in [3.05, 3.63) is 182 Å². The highest BCUT2D eigenvalue weighted by atomic mass is 32.1. The third-order valence-corrected chi connectivity index (χ3v) is 12.3. The van der Waals surface area contributed by atoms with E-state index < -0.39 is 0 Å². The standard InChI is InChI=1S/C51H30N4OS/c1-3-14-31(15-4-1)49-52-50(54-51(53-49)38-21-13-23-43-47(38)37-20-7-10-22-42(37)55(43)34-16-5-2-6-17-34)33-29-39(48-41(30-33)36-19-9-12-25-46(36)57-48)32-26-27-45-40(28-32)35-18-8-11-24-44(35)56-45/h1-30H. The van der Waals surface area contributed by atoms with Gasteiger partial charge in [0.1, 0.15) is 11.2 Å². The van der Waals surface area contributed by atoms with E-state index in [0.717, 1.165) is 77.2 Å². The van der Waals surface area contributed by atoms with E-state index in [4.69, 9.17) is 19.4 Å². The molecule has 0 bridgehead atoms. The van der Waals surface area contributed by atoms with Gasteiger partial charge in [-0.2, -0.15) is 0 Å². The maximum absolute atomic E-state index is 6.24. The number of hydrogen-bond donors (Lipinski definition) is 0. The molecular formula is C51H30N4OS. The van der Waals surface area contributed by atoms with Gasteiger partial charge >= 0.3 is 0 Å². The molecule has 8 aromatic carbocycles. The van der Waals surface area contributed by atoms with Gasteiger partial charge in [-0.05, 0) is 66.2 Å². The predicted molar refractivity (Wildman–Crippen MR) is 236 cm³/mol. The second-order valence-corrected chi connectivity index (χ2v) is 15.4. The second-order valence-electron chi connectivity index (χ2n) is 14.4. The van der Waals surface area contributed by atoms with E-state index in [1.807, 2.05) is 41.7 Å². The molecule has 57 heavy (non-hydrogen) atoms. The van der Waals surface area contributed by atoms with Crippen LogP contribution in [-0.4, -0.2) is 19.5 Å². The average molecular weight is 747 g/mol. The summed E-state index contributed by atoms with van der Waals surface area (Å²) in [6.45, 7) is 0. The summed E-state index contributed by atoms with van der Waals surface area (Å²) in [7, 11) is 0. The Balaban J connectivity index is 1.14. The molecular weight excluding hydrogens is 717 g/mol. The Bertz CT molecular complexity index is 3530. The molecule has 0 fully saturated rings. The molecule has 4 heterocycles. The predicted octanol–water partition coefficient (Wildman–Crippen LogP) is 13.9. The van der Waals surface area contributed by atoms with Crippen LogP contribution in [0.15, 0.2) is 186 Å². The minimum Gasteiger partial charge on any atom is -0.456 e. The van der Waals surface area contributed by atoms with Crippen molar-refractivity contribution in [3.63, 3.8) is 0 Å². The van der Waals surface area contributed by atoms with Crippen LogP contribution >= 0.6 is 11.3 Å². The molecule has 0 unspecified atom stereocenters. The lowest BCUT2D eigenvalue weighted by Gasteiger charge is -2.12. The number of rotatable bonds is 5. The van der Waals surface area contributed by atoms with Crippen LogP contribution in [0.4, 0.5) is 0 Å². The first-order valence-electron chi connectivity index (χ1n) is 19.0. The Kier molecular flexibility index (Phi) is 7.03. The van der Waals surface area contributed by atoms with Crippen LogP contribution in [0.2, 0.25) is 0 Å². The molecule has 5 nitrogen and oxygen atoms in total. The molecule has 0 radical (unpaired) electrons. The van der Waals surface area contributed by atoms with Gasteiger partial charge in [0.15, 0.2) is 17.5 Å². The van der Waals surface area contributed by atoms with Gasteiger partial charge in [0.05, 0.1) is 11.0 Å². The Labute approximate surface area is 330 Å². The first kappa shape index (κ1) is 31.9. The fourth-order valence-corrected chi connectivity index (χ4v) is 9.69. The van der Waals surface area contributed by atoms with Crippen LogP contribution in [0, 0.1) is 0 Å². The van der Waals surface area contributed by atoms with E-state index in [9.17, 15) is 0 Å². The van der Waals surface area contributed by atoms with Gasteiger partial charge in [0, 0.05) is 69.7 Å². The van der Waals surface area contributed by atoms with Gasteiger partial charge in [0.2, 0.25) is 0 Å². The van der Waals surface area contributed by atoms with Crippen molar-refractivity contribution in [3.8, 4) is 51.0 Å². The summed E-state index contributed by atoms with van der Waals surface area (Å²) >= 11 is 1.82. The Morgan fingerprint density at radius 1 is 0.404 bits per heavy atom. The van der Waals surface area contributed by atoms with Gasteiger partial charge in [-0.15, -0.1) is 11.3 Å². The van der Waals surface area contributed by atoms with E-state index >= 15 is 0 Å². The minimum atomic E-state index is 0.621. The summed E-state index contributed by atoms with van der Waals surface area (Å²) in [5, 5.41) is 6.84. The number of nitrogens with zero attached hydrogens (tertiary/aromatic N) is 4. The molecule has 12 rings (SSSR count). The molecule has 6 heteroatoms. The summed E-state index contributed by atoms with van der Waals surface area (Å²) in [5.41, 5.74) is 10.2. The van der Waals surface area contributed by atoms with Crippen molar-refractivity contribution >= 4 is 75.3 Å². The largest absolute Gasteiger partial charge is 0.456 e. The van der Waals surface area contributed by atoms with E-state index in [1.54, 1.807) is 0 Å². The molecule has 0 saturated heterocycles. The number of fused-ring (bicyclic) bond motifs is 9.